The van der Waals surface area contributed by atoms with Crippen LogP contribution in [0.3, 0.4) is 0 Å². The van der Waals surface area contributed by atoms with E-state index in [2.05, 4.69) is 26.8 Å². The Balaban J connectivity index is 1.56. The van der Waals surface area contributed by atoms with Gasteiger partial charge >= 0.3 is 0 Å². The van der Waals surface area contributed by atoms with Crippen LogP contribution >= 0.6 is 0 Å². The second kappa shape index (κ2) is 6.70. The summed E-state index contributed by atoms with van der Waals surface area (Å²) in [5, 5.41) is 0. The summed E-state index contributed by atoms with van der Waals surface area (Å²) >= 11 is 0. The molecular formula is C24H41N. The lowest BCUT2D eigenvalue weighted by Crippen LogP contribution is -2.50. The second-order valence-corrected chi connectivity index (χ2v) is 10.6. The molecule has 25 heavy (non-hydrogen) atoms. The molecule has 0 saturated heterocycles. The maximum atomic E-state index is 5.80. The van der Waals surface area contributed by atoms with Crippen LogP contribution < -0.4 is 5.73 Å². The van der Waals surface area contributed by atoms with Crippen LogP contribution in [0, 0.1) is 40.4 Å². The average molecular weight is 344 g/mol. The van der Waals surface area contributed by atoms with Crippen molar-refractivity contribution in [3.63, 3.8) is 0 Å². The van der Waals surface area contributed by atoms with Gasteiger partial charge in [0.2, 0.25) is 0 Å². The zero-order valence-corrected chi connectivity index (χ0v) is 17.0. The Labute approximate surface area is 156 Å². The molecule has 0 heterocycles. The molecule has 0 unspecified atom stereocenters. The normalized spacial score (nSPS) is 47.4. The number of hydrogen-bond acceptors (Lipinski definition) is 1. The maximum absolute atomic E-state index is 5.80. The first kappa shape index (κ1) is 18.1. The van der Waals surface area contributed by atoms with Crippen molar-refractivity contribution in [3.8, 4) is 0 Å². The number of hydrogen-bond donors (Lipinski definition) is 1. The van der Waals surface area contributed by atoms with Gasteiger partial charge in [-0.05, 0) is 111 Å². The summed E-state index contributed by atoms with van der Waals surface area (Å²) in [6, 6.07) is 0. The van der Waals surface area contributed by atoms with E-state index in [-0.39, 0.29) is 0 Å². The van der Waals surface area contributed by atoms with Crippen LogP contribution in [0.25, 0.3) is 0 Å². The third kappa shape index (κ3) is 2.75. The molecule has 2 N–H and O–H groups in total. The lowest BCUT2D eigenvalue weighted by molar-refractivity contribution is -0.0499. The first-order chi connectivity index (χ1) is 12.0. The van der Waals surface area contributed by atoms with E-state index >= 15 is 0 Å². The zero-order chi connectivity index (χ0) is 17.7. The van der Waals surface area contributed by atoms with E-state index in [9.17, 15) is 0 Å². The van der Waals surface area contributed by atoms with E-state index in [1.165, 1.54) is 70.6 Å². The molecule has 3 saturated carbocycles. The average Bonchev–Trinajstić information content (AvgIpc) is 2.96. The summed E-state index contributed by atoms with van der Waals surface area (Å²) in [5.74, 6) is 4.79. The summed E-state index contributed by atoms with van der Waals surface area (Å²) in [6.45, 7) is 8.73. The minimum atomic E-state index is 0.561. The smallest absolute Gasteiger partial charge is 0.00772 e. The van der Waals surface area contributed by atoms with Gasteiger partial charge in [-0.3, -0.25) is 0 Å². The lowest BCUT2D eigenvalue weighted by atomic mass is 9.47. The first-order valence-electron chi connectivity index (χ1n) is 11.4. The Morgan fingerprint density at radius 3 is 2.76 bits per heavy atom. The van der Waals surface area contributed by atoms with Crippen molar-refractivity contribution < 1.29 is 0 Å². The van der Waals surface area contributed by atoms with E-state index in [4.69, 9.17) is 5.73 Å². The first-order valence-corrected chi connectivity index (χ1v) is 11.4. The molecule has 0 bridgehead atoms. The van der Waals surface area contributed by atoms with Crippen molar-refractivity contribution in [1.82, 2.24) is 0 Å². The zero-order valence-electron chi connectivity index (χ0n) is 17.0. The Morgan fingerprint density at radius 1 is 1.12 bits per heavy atom. The highest BCUT2D eigenvalue weighted by molar-refractivity contribution is 5.24. The summed E-state index contributed by atoms with van der Waals surface area (Å²) in [5.41, 5.74) is 8.83. The molecule has 0 amide bonds. The molecule has 7 atom stereocenters. The van der Waals surface area contributed by atoms with Gasteiger partial charge < -0.3 is 5.73 Å². The molecule has 1 nitrogen and oxygen atoms in total. The third-order valence-electron chi connectivity index (χ3n) is 9.64. The van der Waals surface area contributed by atoms with Crippen molar-refractivity contribution in [2.45, 2.75) is 91.4 Å². The van der Waals surface area contributed by atoms with E-state index in [0.29, 0.717) is 10.8 Å². The van der Waals surface area contributed by atoms with Gasteiger partial charge in [0, 0.05) is 0 Å². The number of fused-ring (bicyclic) bond motifs is 5. The van der Waals surface area contributed by atoms with Gasteiger partial charge in [-0.1, -0.05) is 38.8 Å². The van der Waals surface area contributed by atoms with E-state index in [1.807, 2.05) is 5.57 Å². The van der Waals surface area contributed by atoms with Crippen LogP contribution in [0.5, 0.6) is 0 Å². The van der Waals surface area contributed by atoms with Gasteiger partial charge in [0.15, 0.2) is 0 Å². The van der Waals surface area contributed by atoms with Gasteiger partial charge in [-0.15, -0.1) is 0 Å². The second-order valence-electron chi connectivity index (χ2n) is 10.6. The highest BCUT2D eigenvalue weighted by Gasteiger charge is 2.58. The fraction of sp³-hybridized carbons (Fsp3) is 0.917. The molecule has 4 rings (SSSR count). The SMILES string of the molecule is C[C@H](CCCN)[C@H]1CC[C@H]2[C@@H]3CC=C4CCCC[C@]4(C)[C@H]3CC[C@]12C. The van der Waals surface area contributed by atoms with Crippen LogP contribution in [0.1, 0.15) is 91.4 Å². The van der Waals surface area contributed by atoms with E-state index < -0.39 is 0 Å². The van der Waals surface area contributed by atoms with Crippen LogP contribution in [0.2, 0.25) is 0 Å². The van der Waals surface area contributed by atoms with Gasteiger partial charge in [0.05, 0.1) is 0 Å². The Hall–Kier alpha value is -0.300. The Morgan fingerprint density at radius 2 is 1.96 bits per heavy atom. The molecule has 4 aliphatic carbocycles. The minimum Gasteiger partial charge on any atom is -0.330 e. The van der Waals surface area contributed by atoms with Gasteiger partial charge in [0.1, 0.15) is 0 Å². The highest BCUT2D eigenvalue weighted by atomic mass is 14.6. The van der Waals surface area contributed by atoms with Crippen molar-refractivity contribution >= 4 is 0 Å². The predicted octanol–water partition coefficient (Wildman–Crippen LogP) is 6.33. The quantitative estimate of drug-likeness (QED) is 0.593. The fourth-order valence-electron chi connectivity index (χ4n) is 8.31. The standard InChI is InChI=1S/C24H41N/c1-17(7-6-16-25)20-11-12-21-19-10-9-18-8-4-5-14-23(18,2)22(19)13-15-24(20,21)3/h9,17,19-22H,4-8,10-16,25H2,1-3H3/t17-,19+,20-,21+,22+,23+,24-/m1/s1. The number of allylic oxidation sites excluding steroid dienone is 2. The van der Waals surface area contributed by atoms with Crippen LogP contribution in [0.4, 0.5) is 0 Å². The number of rotatable bonds is 4. The molecule has 0 radical (unpaired) electrons. The topological polar surface area (TPSA) is 26.0 Å². The highest BCUT2D eigenvalue weighted by Crippen LogP contribution is 2.67. The summed E-state index contributed by atoms with van der Waals surface area (Å²) in [7, 11) is 0. The molecule has 0 aromatic carbocycles. The molecule has 142 valence electrons. The van der Waals surface area contributed by atoms with Gasteiger partial charge in [-0.25, -0.2) is 0 Å². The monoisotopic (exact) mass is 343 g/mol. The van der Waals surface area contributed by atoms with Crippen LogP contribution in [0.15, 0.2) is 11.6 Å². The largest absolute Gasteiger partial charge is 0.330 e. The van der Waals surface area contributed by atoms with Crippen molar-refractivity contribution in [2.75, 3.05) is 6.54 Å². The Bertz CT molecular complexity index is 522. The number of nitrogens with two attached hydrogens (primary N) is 1. The Kier molecular flexibility index (Phi) is 4.84. The van der Waals surface area contributed by atoms with Crippen LogP contribution in [-0.4, -0.2) is 6.54 Å². The summed E-state index contributed by atoms with van der Waals surface area (Å²) in [6.07, 6.45) is 18.5. The van der Waals surface area contributed by atoms with E-state index in [1.54, 1.807) is 0 Å². The molecule has 0 spiro atoms. The third-order valence-corrected chi connectivity index (χ3v) is 9.64. The van der Waals surface area contributed by atoms with Crippen molar-refractivity contribution in [3.05, 3.63) is 11.6 Å². The molecule has 0 aromatic rings. The maximum Gasteiger partial charge on any atom is -0.00772 e. The summed E-state index contributed by atoms with van der Waals surface area (Å²) < 4.78 is 0. The minimum absolute atomic E-state index is 0.561. The molecule has 1 heteroatoms. The van der Waals surface area contributed by atoms with Gasteiger partial charge in [-0.2, -0.15) is 0 Å². The van der Waals surface area contributed by atoms with E-state index in [0.717, 1.165) is 36.1 Å². The lowest BCUT2D eigenvalue weighted by Gasteiger charge is -2.58. The van der Waals surface area contributed by atoms with Crippen LogP contribution in [-0.2, 0) is 0 Å². The summed E-state index contributed by atoms with van der Waals surface area (Å²) in [4.78, 5) is 0. The van der Waals surface area contributed by atoms with Gasteiger partial charge in [0.25, 0.3) is 0 Å². The molecule has 0 aliphatic heterocycles. The fourth-order valence-corrected chi connectivity index (χ4v) is 8.31. The van der Waals surface area contributed by atoms with Crippen molar-refractivity contribution in [2.24, 2.45) is 46.2 Å². The molecule has 0 aromatic heterocycles. The van der Waals surface area contributed by atoms with Crippen molar-refractivity contribution in [1.29, 1.82) is 0 Å². The molecule has 4 aliphatic rings. The predicted molar refractivity (Wildman–Crippen MR) is 107 cm³/mol. The molecular weight excluding hydrogens is 302 g/mol. The molecule has 3 fully saturated rings.